The van der Waals surface area contributed by atoms with E-state index in [9.17, 15) is 9.18 Å². The van der Waals surface area contributed by atoms with Crippen molar-refractivity contribution in [2.75, 3.05) is 26.2 Å². The summed E-state index contributed by atoms with van der Waals surface area (Å²) >= 11 is 2.99. The molecule has 0 atom stereocenters. The number of thiazole rings is 1. The minimum absolute atomic E-state index is 0.309. The third-order valence-corrected chi connectivity index (χ3v) is 5.59. The van der Waals surface area contributed by atoms with E-state index in [-0.39, 0.29) is 5.82 Å². The fraction of sp³-hybridized carbons (Fsp3) is 0.263. The van der Waals surface area contributed by atoms with Crippen molar-refractivity contribution < 1.29 is 18.7 Å². The van der Waals surface area contributed by atoms with Gasteiger partial charge < -0.3 is 14.0 Å². The minimum Gasteiger partial charge on any atom is -0.497 e. The standard InChI is InChI=1S/C19H19FN2O3S2/c1-24-14-8-12(9-15(11-14)25-2)18(23)21-19-22(6-7-26-3)16-5-4-13(20)10-17(16)27-19/h4-5,8-11H,6-7H2,1-3H3. The number of methoxy groups -OCH3 is 2. The molecule has 0 unspecified atom stereocenters. The molecule has 0 fully saturated rings. The number of rotatable bonds is 6. The maximum atomic E-state index is 13.6. The summed E-state index contributed by atoms with van der Waals surface area (Å²) in [7, 11) is 3.05. The molecule has 2 aromatic carbocycles. The number of thioether (sulfide) groups is 1. The first-order chi connectivity index (χ1) is 13.0. The number of benzene rings is 2. The Balaban J connectivity index is 2.10. The number of halogens is 1. The highest BCUT2D eigenvalue weighted by Crippen LogP contribution is 2.23. The molecule has 0 N–H and O–H groups in total. The second-order valence-corrected chi connectivity index (χ2v) is 7.65. The summed E-state index contributed by atoms with van der Waals surface area (Å²) in [4.78, 5) is 17.6. The molecule has 1 heterocycles. The molecule has 0 radical (unpaired) electrons. The van der Waals surface area contributed by atoms with E-state index >= 15 is 0 Å². The second kappa shape index (κ2) is 8.58. The number of nitrogens with zero attached hydrogens (tertiary/aromatic N) is 2. The van der Waals surface area contributed by atoms with Gasteiger partial charge >= 0.3 is 0 Å². The van der Waals surface area contributed by atoms with Gasteiger partial charge in [-0.1, -0.05) is 11.3 Å². The smallest absolute Gasteiger partial charge is 0.279 e. The predicted octanol–water partition coefficient (Wildman–Crippen LogP) is 3.96. The van der Waals surface area contributed by atoms with Crippen LogP contribution in [-0.2, 0) is 6.54 Å². The van der Waals surface area contributed by atoms with E-state index < -0.39 is 5.91 Å². The minimum atomic E-state index is -0.405. The Kier molecular flexibility index (Phi) is 6.18. The lowest BCUT2D eigenvalue weighted by molar-refractivity contribution is 0.0997. The molecule has 142 valence electrons. The summed E-state index contributed by atoms with van der Waals surface area (Å²) in [6, 6.07) is 9.54. The molecule has 0 aliphatic heterocycles. The molecule has 0 saturated carbocycles. The van der Waals surface area contributed by atoms with Gasteiger partial charge in [0.15, 0.2) is 4.80 Å². The summed E-state index contributed by atoms with van der Waals surface area (Å²) < 4.78 is 26.7. The van der Waals surface area contributed by atoms with Gasteiger partial charge in [-0.2, -0.15) is 16.8 Å². The topological polar surface area (TPSA) is 52.8 Å². The zero-order chi connectivity index (χ0) is 19.4. The Morgan fingerprint density at radius 2 is 1.89 bits per heavy atom. The third kappa shape index (κ3) is 4.33. The highest BCUT2D eigenvalue weighted by atomic mass is 32.2. The fourth-order valence-corrected chi connectivity index (χ4v) is 4.06. The average molecular weight is 407 g/mol. The highest BCUT2D eigenvalue weighted by Gasteiger charge is 2.12. The van der Waals surface area contributed by atoms with E-state index in [1.54, 1.807) is 36.0 Å². The monoisotopic (exact) mass is 406 g/mol. The van der Waals surface area contributed by atoms with Crippen LogP contribution in [-0.4, -0.2) is 36.7 Å². The molecular weight excluding hydrogens is 387 g/mol. The third-order valence-electron chi connectivity index (χ3n) is 3.96. The molecule has 0 spiro atoms. The quantitative estimate of drug-likeness (QED) is 0.622. The summed E-state index contributed by atoms with van der Waals surface area (Å²) in [5, 5.41) is 0. The largest absolute Gasteiger partial charge is 0.497 e. The molecular formula is C19H19FN2O3S2. The summed E-state index contributed by atoms with van der Waals surface area (Å²) in [5.41, 5.74) is 1.23. The molecule has 0 bridgehead atoms. The molecule has 0 saturated heterocycles. The van der Waals surface area contributed by atoms with Crippen LogP contribution in [0, 0.1) is 5.82 Å². The van der Waals surface area contributed by atoms with E-state index in [0.29, 0.717) is 28.4 Å². The molecule has 8 heteroatoms. The highest BCUT2D eigenvalue weighted by molar-refractivity contribution is 7.98. The summed E-state index contributed by atoms with van der Waals surface area (Å²) in [5.74, 6) is 1.17. The van der Waals surface area contributed by atoms with Gasteiger partial charge in [-0.15, -0.1) is 0 Å². The number of fused-ring (bicyclic) bond motifs is 1. The fourth-order valence-electron chi connectivity index (χ4n) is 2.61. The van der Waals surface area contributed by atoms with E-state index in [1.807, 2.05) is 10.8 Å². The number of amides is 1. The van der Waals surface area contributed by atoms with Crippen LogP contribution in [0.1, 0.15) is 10.4 Å². The van der Waals surface area contributed by atoms with Crippen molar-refractivity contribution in [2.45, 2.75) is 6.54 Å². The number of hydrogen-bond acceptors (Lipinski definition) is 5. The van der Waals surface area contributed by atoms with Crippen LogP contribution in [0.2, 0.25) is 0 Å². The van der Waals surface area contributed by atoms with Crippen LogP contribution in [0.15, 0.2) is 41.4 Å². The number of carbonyl (C=O) groups excluding carboxylic acids is 1. The number of hydrogen-bond donors (Lipinski definition) is 0. The zero-order valence-corrected chi connectivity index (χ0v) is 16.8. The Morgan fingerprint density at radius 3 is 2.52 bits per heavy atom. The van der Waals surface area contributed by atoms with E-state index in [0.717, 1.165) is 16.0 Å². The van der Waals surface area contributed by atoms with Crippen molar-refractivity contribution >= 4 is 39.2 Å². The average Bonchev–Trinajstić information content (AvgIpc) is 3.01. The lowest BCUT2D eigenvalue weighted by Gasteiger charge is -2.06. The van der Waals surface area contributed by atoms with E-state index in [1.165, 1.54) is 37.7 Å². The SMILES string of the molecule is COc1cc(OC)cc(C(=O)N=c2sc3cc(F)ccc3n2CCSC)c1. The van der Waals surface area contributed by atoms with Gasteiger partial charge in [0.05, 0.1) is 24.4 Å². The molecule has 3 aromatic rings. The van der Waals surface area contributed by atoms with Gasteiger partial charge in [0.25, 0.3) is 5.91 Å². The number of aromatic nitrogens is 1. The lowest BCUT2D eigenvalue weighted by atomic mass is 10.2. The Labute approximate surface area is 164 Å². The van der Waals surface area contributed by atoms with E-state index in [4.69, 9.17) is 9.47 Å². The van der Waals surface area contributed by atoms with Crippen LogP contribution in [0.3, 0.4) is 0 Å². The molecule has 0 aliphatic rings. The molecule has 0 aliphatic carbocycles. The maximum Gasteiger partial charge on any atom is 0.279 e. The normalized spacial score (nSPS) is 11.8. The molecule has 27 heavy (non-hydrogen) atoms. The lowest BCUT2D eigenvalue weighted by Crippen LogP contribution is -2.18. The van der Waals surface area contributed by atoms with Gasteiger partial charge in [0.1, 0.15) is 17.3 Å². The van der Waals surface area contributed by atoms with Crippen molar-refractivity contribution in [1.82, 2.24) is 4.57 Å². The number of carbonyl (C=O) groups is 1. The first kappa shape index (κ1) is 19.4. The Morgan fingerprint density at radius 1 is 1.19 bits per heavy atom. The number of aryl methyl sites for hydroxylation is 1. The van der Waals surface area contributed by atoms with Gasteiger partial charge in [0, 0.05) is 23.9 Å². The van der Waals surface area contributed by atoms with Gasteiger partial charge in [-0.05, 0) is 36.6 Å². The number of ether oxygens (including phenoxy) is 2. The van der Waals surface area contributed by atoms with Crippen molar-refractivity contribution in [3.05, 3.63) is 52.6 Å². The van der Waals surface area contributed by atoms with Crippen molar-refractivity contribution in [2.24, 2.45) is 4.99 Å². The zero-order valence-electron chi connectivity index (χ0n) is 15.2. The summed E-state index contributed by atoms with van der Waals surface area (Å²) in [6.45, 7) is 0.681. The van der Waals surface area contributed by atoms with Crippen molar-refractivity contribution in [3.63, 3.8) is 0 Å². The Bertz CT molecular complexity index is 1020. The van der Waals surface area contributed by atoms with Gasteiger partial charge in [-0.3, -0.25) is 4.79 Å². The molecule has 1 amide bonds. The molecule has 1 aromatic heterocycles. The van der Waals surface area contributed by atoms with Crippen LogP contribution in [0.4, 0.5) is 4.39 Å². The van der Waals surface area contributed by atoms with Crippen molar-refractivity contribution in [1.29, 1.82) is 0 Å². The Hall–Kier alpha value is -2.32. The maximum absolute atomic E-state index is 13.6. The first-order valence-corrected chi connectivity index (χ1v) is 10.4. The van der Waals surface area contributed by atoms with Gasteiger partial charge in [-0.25, -0.2) is 4.39 Å². The predicted molar refractivity (Wildman–Crippen MR) is 108 cm³/mol. The summed E-state index contributed by atoms with van der Waals surface area (Å²) in [6.07, 6.45) is 2.01. The van der Waals surface area contributed by atoms with Crippen LogP contribution < -0.4 is 14.3 Å². The molecule has 5 nitrogen and oxygen atoms in total. The van der Waals surface area contributed by atoms with Crippen LogP contribution in [0.5, 0.6) is 11.5 Å². The van der Waals surface area contributed by atoms with Crippen molar-refractivity contribution in [3.8, 4) is 11.5 Å². The van der Waals surface area contributed by atoms with Crippen LogP contribution >= 0.6 is 23.1 Å². The second-order valence-electron chi connectivity index (χ2n) is 5.66. The molecule has 3 rings (SSSR count). The first-order valence-electron chi connectivity index (χ1n) is 8.15. The van der Waals surface area contributed by atoms with Crippen LogP contribution in [0.25, 0.3) is 10.2 Å². The van der Waals surface area contributed by atoms with E-state index in [2.05, 4.69) is 4.99 Å². The van der Waals surface area contributed by atoms with Gasteiger partial charge in [0.2, 0.25) is 0 Å².